The summed E-state index contributed by atoms with van der Waals surface area (Å²) in [6.45, 7) is 5.86. The first-order valence-electron chi connectivity index (χ1n) is 7.25. The second kappa shape index (κ2) is 9.10. The monoisotopic (exact) mass is 337 g/mol. The Morgan fingerprint density at radius 2 is 2.13 bits per heavy atom. The van der Waals surface area contributed by atoms with Crippen molar-refractivity contribution in [2.45, 2.75) is 39.7 Å². The van der Waals surface area contributed by atoms with Gasteiger partial charge >= 0.3 is 5.97 Å². The molecule has 124 valence electrons. The number of allylic oxidation sites excluding steroid dienone is 2. The van der Waals surface area contributed by atoms with Crippen molar-refractivity contribution in [3.63, 3.8) is 0 Å². The van der Waals surface area contributed by atoms with Crippen LogP contribution in [0.3, 0.4) is 0 Å². The average Bonchev–Trinajstić information content (AvgIpc) is 2.45. The fourth-order valence-electron chi connectivity index (χ4n) is 1.83. The predicted octanol–water partition coefficient (Wildman–Crippen LogP) is 4.94. The molecule has 23 heavy (non-hydrogen) atoms. The number of nitro benzene ring substituents is 1. The largest absolute Gasteiger partial charge is 0.460 e. The first-order valence-corrected chi connectivity index (χ1v) is 7.63. The smallest absolute Gasteiger partial charge is 0.331 e. The van der Waals surface area contributed by atoms with Crippen LogP contribution in [0.2, 0.25) is 5.02 Å². The second-order valence-corrected chi connectivity index (χ2v) is 5.81. The molecule has 0 amide bonds. The summed E-state index contributed by atoms with van der Waals surface area (Å²) in [6.07, 6.45) is 6.11. The Kier molecular flexibility index (Phi) is 7.48. The number of ether oxygens (including phenoxy) is 1. The number of nitro groups is 1. The maximum atomic E-state index is 11.8. The van der Waals surface area contributed by atoms with Gasteiger partial charge in [0.15, 0.2) is 0 Å². The quantitative estimate of drug-likeness (QED) is 0.232. The fraction of sp³-hybridized carbons (Fsp3) is 0.353. The average molecular weight is 338 g/mol. The summed E-state index contributed by atoms with van der Waals surface area (Å²) >= 11 is 5.96. The highest BCUT2D eigenvalue weighted by Crippen LogP contribution is 2.23. The lowest BCUT2D eigenvalue weighted by atomic mass is 10.1. The van der Waals surface area contributed by atoms with Crippen LogP contribution in [-0.2, 0) is 9.53 Å². The van der Waals surface area contributed by atoms with Crippen molar-refractivity contribution in [3.05, 3.63) is 56.6 Å². The van der Waals surface area contributed by atoms with Gasteiger partial charge in [-0.25, -0.2) is 4.79 Å². The third kappa shape index (κ3) is 7.10. The highest BCUT2D eigenvalue weighted by atomic mass is 35.5. The maximum absolute atomic E-state index is 11.8. The maximum Gasteiger partial charge on any atom is 0.331 e. The minimum atomic E-state index is -0.517. The molecule has 6 heteroatoms. The summed E-state index contributed by atoms with van der Waals surface area (Å²) in [5.74, 6) is -0.503. The van der Waals surface area contributed by atoms with Crippen LogP contribution in [0.4, 0.5) is 5.69 Å². The van der Waals surface area contributed by atoms with E-state index in [0.717, 1.165) is 12.8 Å². The van der Waals surface area contributed by atoms with Gasteiger partial charge in [0.1, 0.15) is 0 Å². The summed E-state index contributed by atoms with van der Waals surface area (Å²) in [7, 11) is 0. The molecule has 0 aliphatic carbocycles. The highest BCUT2D eigenvalue weighted by molar-refractivity contribution is 6.32. The number of rotatable bonds is 7. The van der Waals surface area contributed by atoms with E-state index in [1.807, 2.05) is 20.8 Å². The van der Waals surface area contributed by atoms with Gasteiger partial charge in [-0.3, -0.25) is 10.1 Å². The molecular weight excluding hydrogens is 318 g/mol. The van der Waals surface area contributed by atoms with Crippen LogP contribution in [0.15, 0.2) is 35.9 Å². The molecule has 0 fully saturated rings. The first kappa shape index (κ1) is 18.9. The zero-order valence-corrected chi connectivity index (χ0v) is 14.2. The topological polar surface area (TPSA) is 69.4 Å². The van der Waals surface area contributed by atoms with Crippen molar-refractivity contribution < 1.29 is 14.5 Å². The van der Waals surface area contributed by atoms with Gasteiger partial charge in [0, 0.05) is 28.8 Å². The van der Waals surface area contributed by atoms with Crippen molar-refractivity contribution in [3.8, 4) is 0 Å². The van der Waals surface area contributed by atoms with Gasteiger partial charge in [0.2, 0.25) is 0 Å². The van der Waals surface area contributed by atoms with E-state index in [2.05, 4.69) is 6.08 Å². The molecule has 0 aromatic heterocycles. The van der Waals surface area contributed by atoms with E-state index in [4.69, 9.17) is 16.3 Å². The molecule has 5 nitrogen and oxygen atoms in total. The standard InChI is InChI=1S/C17H20ClNO4/c1-12(2)5-4-6-13(3)23-17(20)10-7-14-11-15(19(21)22)8-9-16(14)18/h5,7-11,13H,4,6H2,1-3H3/b10-7+. The van der Waals surface area contributed by atoms with E-state index in [-0.39, 0.29) is 11.8 Å². The molecule has 0 saturated heterocycles. The van der Waals surface area contributed by atoms with E-state index in [9.17, 15) is 14.9 Å². The lowest BCUT2D eigenvalue weighted by Gasteiger charge is -2.10. The van der Waals surface area contributed by atoms with Crippen LogP contribution in [0.1, 0.15) is 39.2 Å². The van der Waals surface area contributed by atoms with Crippen LogP contribution in [0, 0.1) is 10.1 Å². The van der Waals surface area contributed by atoms with Crippen molar-refractivity contribution in [1.82, 2.24) is 0 Å². The van der Waals surface area contributed by atoms with E-state index < -0.39 is 10.9 Å². The Labute approximate surface area is 140 Å². The lowest BCUT2D eigenvalue weighted by molar-refractivity contribution is -0.384. The van der Waals surface area contributed by atoms with Gasteiger partial charge in [-0.15, -0.1) is 0 Å². The van der Waals surface area contributed by atoms with E-state index in [1.165, 1.54) is 35.9 Å². The Morgan fingerprint density at radius 1 is 1.43 bits per heavy atom. The molecule has 0 aliphatic rings. The molecule has 1 aromatic carbocycles. The Hall–Kier alpha value is -2.14. The Morgan fingerprint density at radius 3 is 2.74 bits per heavy atom. The number of esters is 1. The number of hydrogen-bond acceptors (Lipinski definition) is 4. The normalized spacial score (nSPS) is 12.0. The molecular formula is C17H20ClNO4. The zero-order chi connectivity index (χ0) is 17.4. The van der Waals surface area contributed by atoms with Crippen LogP contribution < -0.4 is 0 Å². The van der Waals surface area contributed by atoms with E-state index >= 15 is 0 Å². The van der Waals surface area contributed by atoms with Crippen LogP contribution in [-0.4, -0.2) is 17.0 Å². The SMILES string of the molecule is CC(C)=CCCC(C)OC(=O)/C=C/c1cc([N+](=O)[O-])ccc1Cl. The highest BCUT2D eigenvalue weighted by Gasteiger charge is 2.09. The van der Waals surface area contributed by atoms with E-state index in [1.54, 1.807) is 0 Å². The molecule has 0 saturated carbocycles. The van der Waals surface area contributed by atoms with Gasteiger partial charge in [-0.1, -0.05) is 23.3 Å². The number of hydrogen-bond donors (Lipinski definition) is 0. The van der Waals surface area contributed by atoms with Gasteiger partial charge < -0.3 is 4.74 Å². The number of halogens is 1. The summed E-state index contributed by atoms with van der Waals surface area (Å²) < 4.78 is 5.24. The van der Waals surface area contributed by atoms with E-state index in [0.29, 0.717) is 10.6 Å². The number of benzene rings is 1. The summed E-state index contributed by atoms with van der Waals surface area (Å²) in [4.78, 5) is 22.0. The molecule has 0 radical (unpaired) electrons. The minimum absolute atomic E-state index is 0.0856. The molecule has 1 aromatic rings. The van der Waals surface area contributed by atoms with Crippen molar-refractivity contribution >= 4 is 29.3 Å². The van der Waals surface area contributed by atoms with Gasteiger partial charge in [0.25, 0.3) is 5.69 Å². The Balaban J connectivity index is 2.63. The zero-order valence-electron chi connectivity index (χ0n) is 13.4. The predicted molar refractivity (Wildman–Crippen MR) is 91.4 cm³/mol. The van der Waals surface area contributed by atoms with Crippen molar-refractivity contribution in [2.24, 2.45) is 0 Å². The van der Waals surface area contributed by atoms with Crippen LogP contribution in [0.25, 0.3) is 6.08 Å². The number of carbonyl (C=O) groups excluding carboxylic acids is 1. The van der Waals surface area contributed by atoms with Crippen LogP contribution in [0.5, 0.6) is 0 Å². The fourth-order valence-corrected chi connectivity index (χ4v) is 2.01. The third-order valence-electron chi connectivity index (χ3n) is 3.03. The minimum Gasteiger partial charge on any atom is -0.460 e. The summed E-state index contributed by atoms with van der Waals surface area (Å²) in [6, 6.07) is 4.04. The molecule has 0 N–H and O–H groups in total. The molecule has 1 unspecified atom stereocenters. The molecule has 0 heterocycles. The lowest BCUT2D eigenvalue weighted by Crippen LogP contribution is -2.12. The van der Waals surface area contributed by atoms with Gasteiger partial charge in [-0.2, -0.15) is 0 Å². The molecule has 0 spiro atoms. The third-order valence-corrected chi connectivity index (χ3v) is 3.38. The molecule has 0 aliphatic heterocycles. The number of carbonyl (C=O) groups is 1. The number of non-ortho nitro benzene ring substituents is 1. The first-order chi connectivity index (χ1) is 10.8. The molecule has 1 rings (SSSR count). The van der Waals surface area contributed by atoms with Crippen molar-refractivity contribution in [2.75, 3.05) is 0 Å². The summed E-state index contributed by atoms with van der Waals surface area (Å²) in [5, 5.41) is 11.1. The van der Waals surface area contributed by atoms with Crippen molar-refractivity contribution in [1.29, 1.82) is 0 Å². The van der Waals surface area contributed by atoms with Crippen LogP contribution >= 0.6 is 11.6 Å². The van der Waals surface area contributed by atoms with Gasteiger partial charge in [-0.05, 0) is 45.8 Å². The number of nitrogens with zero attached hydrogens (tertiary/aromatic N) is 1. The molecule has 0 bridgehead atoms. The molecule has 1 atom stereocenters. The second-order valence-electron chi connectivity index (χ2n) is 5.40. The van der Waals surface area contributed by atoms with Gasteiger partial charge in [0.05, 0.1) is 11.0 Å². The Bertz CT molecular complexity index is 633. The summed E-state index contributed by atoms with van der Waals surface area (Å²) in [5.41, 5.74) is 1.54.